The molecule has 0 amide bonds. The SMILES string of the molecule is CCOc1ccc(-n2nnc3c(sc4nc(C)cc(C)c43)c2=O)cc1. The van der Waals surface area contributed by atoms with Crippen LogP contribution in [0.25, 0.3) is 26.1 Å². The summed E-state index contributed by atoms with van der Waals surface area (Å²) in [5, 5.41) is 9.35. The lowest BCUT2D eigenvalue weighted by Gasteiger charge is -2.06. The molecule has 3 aromatic heterocycles. The molecular weight excluding hydrogens is 336 g/mol. The Balaban J connectivity index is 1.92. The van der Waals surface area contributed by atoms with E-state index in [0.29, 0.717) is 22.5 Å². The molecule has 1 aromatic carbocycles. The Bertz CT molecular complexity index is 1150. The van der Waals surface area contributed by atoms with Crippen LogP contribution in [0.5, 0.6) is 5.75 Å². The Morgan fingerprint density at radius 1 is 1.20 bits per heavy atom. The van der Waals surface area contributed by atoms with Crippen LogP contribution in [0.1, 0.15) is 18.2 Å². The Morgan fingerprint density at radius 3 is 2.68 bits per heavy atom. The molecule has 0 aliphatic carbocycles. The first kappa shape index (κ1) is 15.7. The van der Waals surface area contributed by atoms with Crippen LogP contribution >= 0.6 is 11.3 Å². The first-order valence-corrected chi connectivity index (χ1v) is 8.80. The van der Waals surface area contributed by atoms with Gasteiger partial charge in [-0.1, -0.05) is 5.21 Å². The Labute approximate surface area is 147 Å². The number of nitrogens with zero attached hydrogens (tertiary/aromatic N) is 4. The molecule has 7 heteroatoms. The summed E-state index contributed by atoms with van der Waals surface area (Å²) in [6, 6.07) is 9.23. The minimum Gasteiger partial charge on any atom is -0.494 e. The molecule has 0 aliphatic rings. The van der Waals surface area contributed by atoms with Gasteiger partial charge in [0.1, 0.15) is 20.8 Å². The van der Waals surface area contributed by atoms with Crippen molar-refractivity contribution in [1.29, 1.82) is 0 Å². The van der Waals surface area contributed by atoms with Crippen LogP contribution in [0.3, 0.4) is 0 Å². The zero-order chi connectivity index (χ0) is 17.6. The normalized spacial score (nSPS) is 11.3. The Hall–Kier alpha value is -2.80. The van der Waals surface area contributed by atoms with Crippen LogP contribution in [0, 0.1) is 13.8 Å². The van der Waals surface area contributed by atoms with E-state index in [1.165, 1.54) is 16.0 Å². The monoisotopic (exact) mass is 352 g/mol. The van der Waals surface area contributed by atoms with Crippen LogP contribution in [-0.4, -0.2) is 26.6 Å². The second-order valence-electron chi connectivity index (χ2n) is 5.77. The van der Waals surface area contributed by atoms with Crippen molar-refractivity contribution in [2.45, 2.75) is 20.8 Å². The maximum absolute atomic E-state index is 12.9. The van der Waals surface area contributed by atoms with Crippen molar-refractivity contribution in [3.8, 4) is 11.4 Å². The summed E-state index contributed by atoms with van der Waals surface area (Å²) in [6.07, 6.45) is 0. The van der Waals surface area contributed by atoms with Gasteiger partial charge in [0, 0.05) is 11.1 Å². The fourth-order valence-electron chi connectivity index (χ4n) is 2.91. The first-order chi connectivity index (χ1) is 12.1. The lowest BCUT2D eigenvalue weighted by atomic mass is 10.1. The van der Waals surface area contributed by atoms with E-state index in [1.807, 2.05) is 39.0 Å². The van der Waals surface area contributed by atoms with Gasteiger partial charge >= 0.3 is 0 Å². The largest absolute Gasteiger partial charge is 0.494 e. The predicted molar refractivity (Wildman–Crippen MR) is 99.0 cm³/mol. The molecule has 0 spiro atoms. The lowest BCUT2D eigenvalue weighted by molar-refractivity contribution is 0.340. The third-order valence-corrected chi connectivity index (χ3v) is 5.04. The predicted octanol–water partition coefficient (Wildman–Crippen LogP) is 3.41. The average Bonchev–Trinajstić information content (AvgIpc) is 2.96. The van der Waals surface area contributed by atoms with Gasteiger partial charge in [0.2, 0.25) is 0 Å². The van der Waals surface area contributed by atoms with E-state index in [9.17, 15) is 4.79 Å². The minimum absolute atomic E-state index is 0.186. The molecule has 3 heterocycles. The van der Waals surface area contributed by atoms with Gasteiger partial charge in [0.25, 0.3) is 5.56 Å². The molecule has 0 aliphatic heterocycles. The van der Waals surface area contributed by atoms with Crippen molar-refractivity contribution in [3.05, 3.63) is 51.9 Å². The summed E-state index contributed by atoms with van der Waals surface area (Å²) in [4.78, 5) is 18.3. The standard InChI is InChI=1S/C18H16N4O2S/c1-4-24-13-7-5-12(6-8-13)22-18(23)16-15(20-21-22)14-10(2)9-11(3)19-17(14)25-16/h5-9H,4H2,1-3H3. The van der Waals surface area contributed by atoms with E-state index in [1.54, 1.807) is 12.1 Å². The number of hydrogen-bond donors (Lipinski definition) is 0. The highest BCUT2D eigenvalue weighted by atomic mass is 32.1. The molecule has 0 N–H and O–H groups in total. The van der Waals surface area contributed by atoms with Gasteiger partial charge < -0.3 is 4.74 Å². The molecule has 0 bridgehead atoms. The number of hydrogen-bond acceptors (Lipinski definition) is 6. The van der Waals surface area contributed by atoms with Crippen molar-refractivity contribution in [3.63, 3.8) is 0 Å². The number of fused-ring (bicyclic) bond motifs is 3. The highest BCUT2D eigenvalue weighted by Gasteiger charge is 2.16. The second-order valence-corrected chi connectivity index (χ2v) is 6.77. The Morgan fingerprint density at radius 2 is 1.96 bits per heavy atom. The number of benzene rings is 1. The number of thiophene rings is 1. The van der Waals surface area contributed by atoms with Gasteiger partial charge in [-0.15, -0.1) is 16.4 Å². The molecule has 0 saturated heterocycles. The number of ether oxygens (including phenoxy) is 1. The van der Waals surface area contributed by atoms with Crippen LogP contribution in [0.4, 0.5) is 0 Å². The molecule has 0 saturated carbocycles. The van der Waals surface area contributed by atoms with Gasteiger partial charge in [0.15, 0.2) is 0 Å². The molecule has 4 rings (SSSR count). The minimum atomic E-state index is -0.186. The van der Waals surface area contributed by atoms with Crippen molar-refractivity contribution in [2.75, 3.05) is 6.61 Å². The molecule has 25 heavy (non-hydrogen) atoms. The van der Waals surface area contributed by atoms with E-state index in [4.69, 9.17) is 4.74 Å². The molecule has 0 atom stereocenters. The maximum Gasteiger partial charge on any atom is 0.292 e. The fourth-order valence-corrected chi connectivity index (χ4v) is 4.06. The summed E-state index contributed by atoms with van der Waals surface area (Å²) in [5.41, 5.74) is 3.07. The van der Waals surface area contributed by atoms with E-state index in [2.05, 4.69) is 15.3 Å². The number of aryl methyl sites for hydroxylation is 2. The highest BCUT2D eigenvalue weighted by molar-refractivity contribution is 7.25. The summed E-state index contributed by atoms with van der Waals surface area (Å²) in [7, 11) is 0. The summed E-state index contributed by atoms with van der Waals surface area (Å²) < 4.78 is 7.32. The van der Waals surface area contributed by atoms with Crippen LogP contribution in [-0.2, 0) is 0 Å². The van der Waals surface area contributed by atoms with E-state index in [0.717, 1.165) is 27.2 Å². The number of pyridine rings is 1. The second kappa shape index (κ2) is 5.93. The van der Waals surface area contributed by atoms with Crippen molar-refractivity contribution in [1.82, 2.24) is 20.0 Å². The zero-order valence-corrected chi connectivity index (χ0v) is 14.9. The first-order valence-electron chi connectivity index (χ1n) is 7.98. The molecule has 4 aromatic rings. The van der Waals surface area contributed by atoms with E-state index in [-0.39, 0.29) is 5.56 Å². The maximum atomic E-state index is 12.9. The fraction of sp³-hybridized carbons (Fsp3) is 0.222. The molecule has 0 unspecified atom stereocenters. The molecule has 6 nitrogen and oxygen atoms in total. The molecular formula is C18H16N4O2S. The number of rotatable bonds is 3. The smallest absolute Gasteiger partial charge is 0.292 e. The third kappa shape index (κ3) is 2.56. The van der Waals surface area contributed by atoms with Gasteiger partial charge in [-0.25, -0.2) is 4.98 Å². The quantitative estimate of drug-likeness (QED) is 0.565. The van der Waals surface area contributed by atoms with E-state index >= 15 is 0 Å². The lowest BCUT2D eigenvalue weighted by Crippen LogP contribution is -2.21. The summed E-state index contributed by atoms with van der Waals surface area (Å²) >= 11 is 1.37. The van der Waals surface area contributed by atoms with Gasteiger partial charge in [-0.05, 0) is 56.7 Å². The Kier molecular flexibility index (Phi) is 3.73. The number of aromatic nitrogens is 4. The van der Waals surface area contributed by atoms with Crippen LogP contribution < -0.4 is 10.3 Å². The topological polar surface area (TPSA) is 69.9 Å². The van der Waals surface area contributed by atoms with Gasteiger partial charge in [-0.2, -0.15) is 4.68 Å². The third-order valence-electron chi connectivity index (χ3n) is 3.98. The van der Waals surface area contributed by atoms with Crippen LogP contribution in [0.2, 0.25) is 0 Å². The highest BCUT2D eigenvalue weighted by Crippen LogP contribution is 2.31. The van der Waals surface area contributed by atoms with Crippen molar-refractivity contribution < 1.29 is 4.74 Å². The molecule has 0 radical (unpaired) electrons. The van der Waals surface area contributed by atoms with Crippen molar-refractivity contribution >= 4 is 31.8 Å². The van der Waals surface area contributed by atoms with Crippen LogP contribution in [0.15, 0.2) is 35.1 Å². The zero-order valence-electron chi connectivity index (χ0n) is 14.1. The van der Waals surface area contributed by atoms with E-state index < -0.39 is 0 Å². The average molecular weight is 352 g/mol. The molecule has 0 fully saturated rings. The summed E-state index contributed by atoms with van der Waals surface area (Å²) in [5.74, 6) is 0.755. The molecule has 126 valence electrons. The van der Waals surface area contributed by atoms with Gasteiger partial charge in [-0.3, -0.25) is 4.79 Å². The van der Waals surface area contributed by atoms with Gasteiger partial charge in [0.05, 0.1) is 12.3 Å². The summed E-state index contributed by atoms with van der Waals surface area (Å²) in [6.45, 7) is 6.47. The van der Waals surface area contributed by atoms with Crippen molar-refractivity contribution in [2.24, 2.45) is 0 Å².